The molecule has 0 aliphatic heterocycles. The molecule has 0 fully saturated rings. The quantitative estimate of drug-likeness (QED) is 0.486. The van der Waals surface area contributed by atoms with Gasteiger partial charge >= 0.3 is 0 Å². The topological polar surface area (TPSA) is 103 Å². The van der Waals surface area contributed by atoms with E-state index in [9.17, 15) is 25.0 Å². The van der Waals surface area contributed by atoms with E-state index in [1.807, 2.05) is 0 Å². The van der Waals surface area contributed by atoms with E-state index in [4.69, 9.17) is 0 Å². The third-order valence-electron chi connectivity index (χ3n) is 3.32. The number of rotatable bonds is 4. The van der Waals surface area contributed by atoms with Crippen LogP contribution in [-0.4, -0.2) is 15.6 Å². The van der Waals surface area contributed by atoms with Gasteiger partial charge in [0.2, 0.25) is 0 Å². The van der Waals surface area contributed by atoms with Gasteiger partial charge in [0.1, 0.15) is 0 Å². The fraction of sp³-hybridized carbons (Fsp3) is 0.133. The number of ketones is 1. The summed E-state index contributed by atoms with van der Waals surface area (Å²) in [4.78, 5) is 32.5. The first kappa shape index (κ1) is 15.3. The zero-order chi connectivity index (χ0) is 16.4. The lowest BCUT2D eigenvalue weighted by Gasteiger charge is -2.10. The maximum atomic E-state index is 11.7. The van der Waals surface area contributed by atoms with Crippen molar-refractivity contribution in [2.24, 2.45) is 0 Å². The summed E-state index contributed by atoms with van der Waals surface area (Å²) in [5.41, 5.74) is 1.42. The highest BCUT2D eigenvalue weighted by molar-refractivity contribution is 6.01. The van der Waals surface area contributed by atoms with Gasteiger partial charge in [-0.05, 0) is 36.6 Å². The molecule has 0 heterocycles. The van der Waals surface area contributed by atoms with Crippen molar-refractivity contribution in [2.45, 2.75) is 13.8 Å². The minimum atomic E-state index is -0.569. The van der Waals surface area contributed by atoms with Crippen molar-refractivity contribution in [2.75, 3.05) is 0 Å². The number of carbonyl (C=O) groups excluding carboxylic acids is 1. The number of non-ortho nitro benzene ring substituents is 2. The summed E-state index contributed by atoms with van der Waals surface area (Å²) in [6.45, 7) is 3.07. The predicted molar refractivity (Wildman–Crippen MR) is 79.9 cm³/mol. The number of hydrogen-bond donors (Lipinski definition) is 0. The summed E-state index contributed by atoms with van der Waals surface area (Å²) in [5, 5.41) is 21.9. The summed E-state index contributed by atoms with van der Waals surface area (Å²) >= 11 is 0. The summed E-state index contributed by atoms with van der Waals surface area (Å²) in [5.74, 6) is -0.268. The number of hydrogen-bond acceptors (Lipinski definition) is 5. The fourth-order valence-electron chi connectivity index (χ4n) is 2.19. The minimum Gasteiger partial charge on any atom is -0.294 e. The SMILES string of the molecule is CC(=O)c1ccc([N+](=O)[O-])cc1-c1cc([N+](=O)[O-])ccc1C. The summed E-state index contributed by atoms with van der Waals surface area (Å²) in [6.07, 6.45) is 0. The third kappa shape index (κ3) is 2.83. The highest BCUT2D eigenvalue weighted by Gasteiger charge is 2.18. The standard InChI is InChI=1S/C15H12N2O5/c1-9-3-4-11(16(19)20)7-14(9)15-8-12(17(21)22)5-6-13(15)10(2)18/h3-8H,1-2H3. The Morgan fingerprint density at radius 2 is 1.41 bits per heavy atom. The first-order valence-corrected chi connectivity index (χ1v) is 6.36. The average Bonchev–Trinajstić information content (AvgIpc) is 2.46. The van der Waals surface area contributed by atoms with E-state index in [0.717, 1.165) is 0 Å². The fourth-order valence-corrected chi connectivity index (χ4v) is 2.19. The Labute approximate surface area is 125 Å². The second kappa shape index (κ2) is 5.72. The molecule has 7 heteroatoms. The lowest BCUT2D eigenvalue weighted by molar-refractivity contribution is -0.385. The number of benzene rings is 2. The van der Waals surface area contributed by atoms with Crippen LogP contribution in [0.5, 0.6) is 0 Å². The summed E-state index contributed by atoms with van der Waals surface area (Å²) in [7, 11) is 0. The molecule has 0 saturated heterocycles. The molecular formula is C15H12N2O5. The van der Waals surface area contributed by atoms with E-state index in [2.05, 4.69) is 0 Å². The molecular weight excluding hydrogens is 288 g/mol. The normalized spacial score (nSPS) is 10.3. The Balaban J connectivity index is 2.76. The largest absolute Gasteiger partial charge is 0.294 e. The van der Waals surface area contributed by atoms with Gasteiger partial charge in [-0.2, -0.15) is 0 Å². The molecule has 0 aliphatic rings. The lowest BCUT2D eigenvalue weighted by atomic mass is 9.93. The van der Waals surface area contributed by atoms with Crippen LogP contribution in [0.3, 0.4) is 0 Å². The zero-order valence-electron chi connectivity index (χ0n) is 11.9. The van der Waals surface area contributed by atoms with Crippen molar-refractivity contribution in [1.82, 2.24) is 0 Å². The highest BCUT2D eigenvalue weighted by atomic mass is 16.6. The molecule has 0 aliphatic carbocycles. The highest BCUT2D eigenvalue weighted by Crippen LogP contribution is 2.33. The van der Waals surface area contributed by atoms with E-state index in [0.29, 0.717) is 16.7 Å². The minimum absolute atomic E-state index is 0.137. The predicted octanol–water partition coefficient (Wildman–Crippen LogP) is 3.68. The van der Waals surface area contributed by atoms with Crippen molar-refractivity contribution >= 4 is 17.2 Å². The van der Waals surface area contributed by atoms with E-state index < -0.39 is 9.85 Å². The van der Waals surface area contributed by atoms with E-state index >= 15 is 0 Å². The molecule has 7 nitrogen and oxygen atoms in total. The number of Topliss-reactive ketones (excluding diaryl/α,β-unsaturated/α-hetero) is 1. The summed E-state index contributed by atoms with van der Waals surface area (Å²) in [6, 6.07) is 8.10. The van der Waals surface area contributed by atoms with E-state index in [-0.39, 0.29) is 22.7 Å². The van der Waals surface area contributed by atoms with Crippen LogP contribution < -0.4 is 0 Å². The number of nitro benzene ring substituents is 2. The van der Waals surface area contributed by atoms with Gasteiger partial charge < -0.3 is 0 Å². The van der Waals surface area contributed by atoms with E-state index in [1.54, 1.807) is 13.0 Å². The van der Waals surface area contributed by atoms with Crippen LogP contribution in [0.1, 0.15) is 22.8 Å². The van der Waals surface area contributed by atoms with Gasteiger partial charge in [-0.15, -0.1) is 0 Å². The Bertz CT molecular complexity index is 799. The van der Waals surface area contributed by atoms with Gasteiger partial charge in [0.25, 0.3) is 11.4 Å². The molecule has 112 valence electrons. The van der Waals surface area contributed by atoms with Crippen LogP contribution in [-0.2, 0) is 0 Å². The number of carbonyl (C=O) groups is 1. The Hall–Kier alpha value is -3.09. The Morgan fingerprint density at radius 1 is 0.909 bits per heavy atom. The van der Waals surface area contributed by atoms with Gasteiger partial charge in [0.05, 0.1) is 9.85 Å². The van der Waals surface area contributed by atoms with Crippen LogP contribution in [0.4, 0.5) is 11.4 Å². The van der Waals surface area contributed by atoms with Gasteiger partial charge in [-0.25, -0.2) is 0 Å². The molecule has 0 aromatic heterocycles. The van der Waals surface area contributed by atoms with Gasteiger partial charge in [0.15, 0.2) is 5.78 Å². The molecule has 0 saturated carbocycles. The molecule has 0 radical (unpaired) electrons. The third-order valence-corrected chi connectivity index (χ3v) is 3.32. The second-order valence-corrected chi connectivity index (χ2v) is 4.80. The first-order valence-electron chi connectivity index (χ1n) is 6.36. The maximum absolute atomic E-state index is 11.7. The number of nitrogens with zero attached hydrogens (tertiary/aromatic N) is 2. The number of nitro groups is 2. The van der Waals surface area contributed by atoms with Gasteiger partial charge in [-0.3, -0.25) is 25.0 Å². The summed E-state index contributed by atoms with van der Waals surface area (Å²) < 4.78 is 0. The molecule has 0 bridgehead atoms. The maximum Gasteiger partial charge on any atom is 0.270 e. The van der Waals surface area contributed by atoms with Crippen LogP contribution in [0.15, 0.2) is 36.4 Å². The molecule has 0 atom stereocenters. The van der Waals surface area contributed by atoms with Crippen molar-refractivity contribution in [1.29, 1.82) is 0 Å². The van der Waals surface area contributed by atoms with Crippen molar-refractivity contribution in [3.8, 4) is 11.1 Å². The molecule has 0 N–H and O–H groups in total. The molecule has 2 aromatic rings. The monoisotopic (exact) mass is 300 g/mol. The Kier molecular flexibility index (Phi) is 3.98. The molecule has 0 amide bonds. The molecule has 0 unspecified atom stereocenters. The zero-order valence-corrected chi connectivity index (χ0v) is 11.9. The number of aryl methyl sites for hydroxylation is 1. The smallest absolute Gasteiger partial charge is 0.270 e. The molecule has 22 heavy (non-hydrogen) atoms. The molecule has 2 aromatic carbocycles. The second-order valence-electron chi connectivity index (χ2n) is 4.80. The van der Waals surface area contributed by atoms with Crippen LogP contribution >= 0.6 is 0 Å². The molecule has 0 spiro atoms. The van der Waals surface area contributed by atoms with Crippen LogP contribution in [0.2, 0.25) is 0 Å². The van der Waals surface area contributed by atoms with Gasteiger partial charge in [-0.1, -0.05) is 6.07 Å². The Morgan fingerprint density at radius 3 is 1.91 bits per heavy atom. The van der Waals surface area contributed by atoms with E-state index in [1.165, 1.54) is 37.3 Å². The van der Waals surface area contributed by atoms with Crippen molar-refractivity contribution in [3.63, 3.8) is 0 Å². The van der Waals surface area contributed by atoms with Crippen LogP contribution in [0.25, 0.3) is 11.1 Å². The van der Waals surface area contributed by atoms with Crippen LogP contribution in [0, 0.1) is 27.2 Å². The lowest BCUT2D eigenvalue weighted by Crippen LogP contribution is -2.00. The average molecular weight is 300 g/mol. The van der Waals surface area contributed by atoms with Crippen molar-refractivity contribution < 1.29 is 14.6 Å². The van der Waals surface area contributed by atoms with Gasteiger partial charge in [0, 0.05) is 29.8 Å². The first-order chi connectivity index (χ1) is 10.3. The molecule has 2 rings (SSSR count). The van der Waals surface area contributed by atoms with Crippen molar-refractivity contribution in [3.05, 3.63) is 67.8 Å².